The average Bonchev–Trinajstić information content (AvgIpc) is 2.30. The van der Waals surface area contributed by atoms with Crippen LogP contribution in [0.25, 0.3) is 0 Å². The Morgan fingerprint density at radius 3 is 2.67 bits per heavy atom. The summed E-state index contributed by atoms with van der Waals surface area (Å²) in [6, 6.07) is 9.95. The molecule has 1 aromatic rings. The van der Waals surface area contributed by atoms with E-state index in [1.165, 1.54) is 0 Å². The van der Waals surface area contributed by atoms with Gasteiger partial charge in [0.25, 0.3) is 0 Å². The number of rotatable bonds is 1. The number of hydrogen-bond donors (Lipinski definition) is 1. The molecule has 1 saturated heterocycles. The highest BCUT2D eigenvalue weighted by Crippen LogP contribution is 2.15. The first-order valence-electron chi connectivity index (χ1n) is 4.86. The molecule has 0 saturated carbocycles. The zero-order valence-electron chi connectivity index (χ0n) is 8.03. The summed E-state index contributed by atoms with van der Waals surface area (Å²) in [5.41, 5.74) is 1.89. The number of piperazine rings is 1. The molecule has 0 unspecified atom stereocenters. The maximum absolute atomic E-state index is 8.78. The van der Waals surface area contributed by atoms with Crippen molar-refractivity contribution in [3.05, 3.63) is 29.8 Å². The largest absolute Gasteiger partial charge is 0.369 e. The lowest BCUT2D eigenvalue weighted by Gasteiger charge is -2.29. The molecule has 1 fully saturated rings. The monoisotopic (exact) mass is 203 g/mol. The van der Waals surface area contributed by atoms with E-state index in [9.17, 15) is 0 Å². The molecule has 0 aliphatic carbocycles. The van der Waals surface area contributed by atoms with E-state index in [1.807, 2.05) is 18.2 Å². The minimum absolute atomic E-state index is 0. The third-order valence-corrected chi connectivity index (χ3v) is 2.46. The number of nitriles is 1. The molecule has 0 atom stereocenters. The minimum Gasteiger partial charge on any atom is -0.369 e. The lowest BCUT2D eigenvalue weighted by atomic mass is 10.2. The van der Waals surface area contributed by atoms with Crippen LogP contribution in [0.2, 0.25) is 0 Å². The Balaban J connectivity index is 0.00000112. The van der Waals surface area contributed by atoms with Crippen molar-refractivity contribution in [1.82, 2.24) is 5.32 Å². The zero-order chi connectivity index (χ0) is 9.80. The summed E-state index contributed by atoms with van der Waals surface area (Å²) in [5, 5.41) is 12.1. The van der Waals surface area contributed by atoms with E-state index in [0.29, 0.717) is 0 Å². The van der Waals surface area contributed by atoms with E-state index in [4.69, 9.17) is 5.26 Å². The van der Waals surface area contributed by atoms with Gasteiger partial charge < -0.3 is 10.2 Å². The van der Waals surface area contributed by atoms with Gasteiger partial charge in [0.1, 0.15) is 0 Å². The fourth-order valence-electron chi connectivity index (χ4n) is 1.70. The Morgan fingerprint density at radius 2 is 2.00 bits per heavy atom. The highest BCUT2D eigenvalue weighted by Gasteiger charge is 2.09. The van der Waals surface area contributed by atoms with Crippen molar-refractivity contribution >= 4 is 5.69 Å². The van der Waals surface area contributed by atoms with E-state index >= 15 is 0 Å². The van der Waals surface area contributed by atoms with Gasteiger partial charge in [0.15, 0.2) is 0 Å². The van der Waals surface area contributed by atoms with Gasteiger partial charge in [-0.25, -0.2) is 0 Å². The minimum atomic E-state index is 0. The Hall–Kier alpha value is -1.53. The van der Waals surface area contributed by atoms with Crippen molar-refractivity contribution in [3.63, 3.8) is 0 Å². The summed E-state index contributed by atoms with van der Waals surface area (Å²) in [6.45, 7) is 4.09. The standard InChI is InChI=1S/C11H13N3.CH4/c12-9-10-2-1-3-11(8-10)14-6-4-13-5-7-14;/h1-3,8,13H,4-7H2;1H4. The molecule has 80 valence electrons. The molecule has 1 aliphatic heterocycles. The van der Waals surface area contributed by atoms with E-state index in [1.54, 1.807) is 0 Å². The molecule has 3 nitrogen and oxygen atoms in total. The molecule has 0 aromatic heterocycles. The van der Waals surface area contributed by atoms with Gasteiger partial charge in [-0.3, -0.25) is 0 Å². The molecule has 1 N–H and O–H groups in total. The highest BCUT2D eigenvalue weighted by molar-refractivity contribution is 5.51. The van der Waals surface area contributed by atoms with Gasteiger partial charge >= 0.3 is 0 Å². The van der Waals surface area contributed by atoms with Gasteiger partial charge in [0.05, 0.1) is 11.6 Å². The maximum Gasteiger partial charge on any atom is 0.0992 e. The van der Waals surface area contributed by atoms with Crippen LogP contribution in [0.4, 0.5) is 5.69 Å². The number of benzene rings is 1. The number of nitrogens with zero attached hydrogens (tertiary/aromatic N) is 2. The average molecular weight is 203 g/mol. The Morgan fingerprint density at radius 1 is 1.27 bits per heavy atom. The van der Waals surface area contributed by atoms with Crippen molar-refractivity contribution in [2.75, 3.05) is 31.1 Å². The van der Waals surface area contributed by atoms with Gasteiger partial charge in [-0.2, -0.15) is 5.26 Å². The number of hydrogen-bond acceptors (Lipinski definition) is 3. The fourth-order valence-corrected chi connectivity index (χ4v) is 1.70. The summed E-state index contributed by atoms with van der Waals surface area (Å²) in [7, 11) is 0. The molecular formula is C12H17N3. The topological polar surface area (TPSA) is 39.1 Å². The van der Waals surface area contributed by atoms with Crippen molar-refractivity contribution in [2.45, 2.75) is 7.43 Å². The van der Waals surface area contributed by atoms with Gasteiger partial charge in [-0.1, -0.05) is 13.5 Å². The van der Waals surface area contributed by atoms with Gasteiger partial charge in [-0.15, -0.1) is 0 Å². The number of nitrogens with one attached hydrogen (secondary N) is 1. The second kappa shape index (κ2) is 5.38. The quantitative estimate of drug-likeness (QED) is 0.753. The Bertz CT molecular complexity index is 348. The van der Waals surface area contributed by atoms with Crippen LogP contribution >= 0.6 is 0 Å². The second-order valence-corrected chi connectivity index (χ2v) is 3.40. The highest BCUT2D eigenvalue weighted by atomic mass is 15.2. The summed E-state index contributed by atoms with van der Waals surface area (Å²) >= 11 is 0. The van der Waals surface area contributed by atoms with Crippen LogP contribution in [0.15, 0.2) is 24.3 Å². The molecule has 2 rings (SSSR count). The normalized spacial score (nSPS) is 15.3. The van der Waals surface area contributed by atoms with Crippen LogP contribution in [0.3, 0.4) is 0 Å². The van der Waals surface area contributed by atoms with Crippen molar-refractivity contribution in [3.8, 4) is 6.07 Å². The van der Waals surface area contributed by atoms with Crippen LogP contribution < -0.4 is 10.2 Å². The lowest BCUT2D eigenvalue weighted by molar-refractivity contribution is 0.589. The van der Waals surface area contributed by atoms with Gasteiger partial charge in [0, 0.05) is 31.9 Å². The van der Waals surface area contributed by atoms with Gasteiger partial charge in [0.2, 0.25) is 0 Å². The Labute approximate surface area is 91.3 Å². The van der Waals surface area contributed by atoms with Crippen LogP contribution in [0.5, 0.6) is 0 Å². The Kier molecular flexibility index (Phi) is 4.14. The summed E-state index contributed by atoms with van der Waals surface area (Å²) in [6.07, 6.45) is 0. The summed E-state index contributed by atoms with van der Waals surface area (Å²) in [5.74, 6) is 0. The van der Waals surface area contributed by atoms with Crippen LogP contribution in [0.1, 0.15) is 13.0 Å². The van der Waals surface area contributed by atoms with Crippen molar-refractivity contribution < 1.29 is 0 Å². The van der Waals surface area contributed by atoms with Crippen LogP contribution in [0, 0.1) is 11.3 Å². The maximum atomic E-state index is 8.78. The number of anilines is 1. The third kappa shape index (κ3) is 2.71. The third-order valence-electron chi connectivity index (χ3n) is 2.46. The van der Waals surface area contributed by atoms with E-state index in [2.05, 4.69) is 22.4 Å². The van der Waals surface area contributed by atoms with E-state index in [-0.39, 0.29) is 7.43 Å². The van der Waals surface area contributed by atoms with E-state index < -0.39 is 0 Å². The lowest BCUT2D eigenvalue weighted by Crippen LogP contribution is -2.43. The summed E-state index contributed by atoms with van der Waals surface area (Å²) < 4.78 is 0. The van der Waals surface area contributed by atoms with Crippen molar-refractivity contribution in [2.24, 2.45) is 0 Å². The first kappa shape index (κ1) is 11.5. The molecule has 0 spiro atoms. The first-order chi connectivity index (χ1) is 6.90. The molecule has 15 heavy (non-hydrogen) atoms. The SMILES string of the molecule is C.N#Cc1cccc(N2CCNCC2)c1. The molecule has 1 heterocycles. The smallest absolute Gasteiger partial charge is 0.0992 e. The molecular weight excluding hydrogens is 186 g/mol. The molecule has 1 aliphatic rings. The first-order valence-corrected chi connectivity index (χ1v) is 4.86. The van der Waals surface area contributed by atoms with Crippen molar-refractivity contribution in [1.29, 1.82) is 5.26 Å². The predicted molar refractivity (Wildman–Crippen MR) is 63.0 cm³/mol. The van der Waals surface area contributed by atoms with Gasteiger partial charge in [-0.05, 0) is 18.2 Å². The van der Waals surface area contributed by atoms with E-state index in [0.717, 1.165) is 37.4 Å². The van der Waals surface area contributed by atoms with Crippen LogP contribution in [-0.2, 0) is 0 Å². The molecule has 0 amide bonds. The molecule has 0 bridgehead atoms. The zero-order valence-corrected chi connectivity index (χ0v) is 8.03. The molecule has 3 heteroatoms. The predicted octanol–water partition coefficient (Wildman–Crippen LogP) is 1.60. The molecule has 0 radical (unpaired) electrons. The van der Waals surface area contributed by atoms with Crippen LogP contribution in [-0.4, -0.2) is 26.2 Å². The summed E-state index contributed by atoms with van der Waals surface area (Å²) in [4.78, 5) is 2.30. The second-order valence-electron chi connectivity index (χ2n) is 3.40. The molecule has 1 aromatic carbocycles. The fraction of sp³-hybridized carbons (Fsp3) is 0.417.